The maximum absolute atomic E-state index is 12.7. The van der Waals surface area contributed by atoms with Crippen LogP contribution in [0.3, 0.4) is 0 Å². The summed E-state index contributed by atoms with van der Waals surface area (Å²) >= 11 is 0. The van der Waals surface area contributed by atoms with Gasteiger partial charge in [-0.25, -0.2) is 14.0 Å². The number of ether oxygens (including phenoxy) is 2. The first-order chi connectivity index (χ1) is 43.5. The van der Waals surface area contributed by atoms with Crippen LogP contribution < -0.4 is 19.3 Å². The number of methoxy groups -OCH3 is 2. The molecular weight excluding hydrogens is 2080 g/mol. The van der Waals surface area contributed by atoms with Crippen molar-refractivity contribution in [1.29, 1.82) is 5.26 Å². The Kier molecular flexibility index (Phi) is 34.2. The second-order valence-corrected chi connectivity index (χ2v) is 21.5. The first-order valence-corrected chi connectivity index (χ1v) is 29.7. The van der Waals surface area contributed by atoms with Crippen LogP contribution in [0.5, 0.6) is 11.8 Å². The molecule has 17 nitrogen and oxygen atoms in total. The topological polar surface area (TPSA) is 172 Å². The van der Waals surface area contributed by atoms with Crippen LogP contribution in [0.4, 0.5) is 11.6 Å². The summed E-state index contributed by atoms with van der Waals surface area (Å²) in [5, 5.41) is 31.3. The van der Waals surface area contributed by atoms with E-state index in [1.54, 1.807) is 36.4 Å². The molecule has 5 radical (unpaired) electrons. The number of carbonyl (C=O) groups excluding carboxylic acids is 2. The van der Waals surface area contributed by atoms with Crippen LogP contribution in [0, 0.1) is 97.1 Å². The number of ketones is 2. The Labute approximate surface area is 626 Å². The zero-order chi connectivity index (χ0) is 64.4. The molecular formula is C73H76Ir5N13O4-5. The summed E-state index contributed by atoms with van der Waals surface area (Å²) in [4.78, 5) is 29.2. The molecule has 95 heavy (non-hydrogen) atoms. The molecule has 0 saturated carbocycles. The number of aryl methyl sites for hydroxylation is 4. The fourth-order valence-electron chi connectivity index (χ4n) is 10.4. The maximum Gasteiger partial charge on any atom is 0.236 e. The Balaban J connectivity index is 0.000000308. The van der Waals surface area contributed by atoms with Crippen molar-refractivity contribution in [2.75, 3.05) is 51.2 Å². The quantitative estimate of drug-likeness (QED) is 0.0838. The van der Waals surface area contributed by atoms with Gasteiger partial charge in [-0.15, -0.1) is 35.4 Å². The third-order valence-electron chi connectivity index (χ3n) is 15.1. The van der Waals surface area contributed by atoms with E-state index in [0.717, 1.165) is 92.8 Å². The number of nitrogens with zero attached hydrogens (tertiary/aromatic N) is 13. The molecule has 0 bridgehead atoms. The second kappa shape index (κ2) is 39.6. The van der Waals surface area contributed by atoms with Crippen molar-refractivity contribution in [3.63, 3.8) is 0 Å². The molecule has 1 fully saturated rings. The molecule has 5 aromatic heterocycles. The number of para-hydroxylation sites is 5. The Morgan fingerprint density at radius 3 is 1.31 bits per heavy atom. The van der Waals surface area contributed by atoms with Crippen molar-refractivity contribution < 1.29 is 120 Å². The van der Waals surface area contributed by atoms with Gasteiger partial charge in [0.15, 0.2) is 11.6 Å². The first-order valence-electron chi connectivity index (χ1n) is 29.7. The van der Waals surface area contributed by atoms with Crippen molar-refractivity contribution in [2.24, 2.45) is 0 Å². The van der Waals surface area contributed by atoms with Gasteiger partial charge in [-0.1, -0.05) is 43.2 Å². The predicted octanol–water partition coefficient (Wildman–Crippen LogP) is 13.6. The monoisotopic (exact) mass is 2160 g/mol. The molecule has 507 valence electrons. The zero-order valence-electron chi connectivity index (χ0n) is 55.3. The molecule has 1 aliphatic heterocycles. The van der Waals surface area contributed by atoms with Crippen molar-refractivity contribution >= 4 is 23.2 Å². The van der Waals surface area contributed by atoms with Crippen LogP contribution in [0.15, 0.2) is 152 Å². The smallest absolute Gasteiger partial charge is 0.236 e. The summed E-state index contributed by atoms with van der Waals surface area (Å²) in [6.07, 6.45) is 4.85. The van der Waals surface area contributed by atoms with E-state index in [2.05, 4.69) is 78.6 Å². The third-order valence-corrected chi connectivity index (χ3v) is 15.1. The Bertz CT molecular complexity index is 4140. The van der Waals surface area contributed by atoms with E-state index in [0.29, 0.717) is 34.1 Å². The van der Waals surface area contributed by atoms with Crippen LogP contribution in [-0.4, -0.2) is 102 Å². The maximum atomic E-state index is 12.7. The molecule has 0 amide bonds. The second-order valence-electron chi connectivity index (χ2n) is 21.5. The number of rotatable bonds is 12. The Morgan fingerprint density at radius 2 is 0.884 bits per heavy atom. The van der Waals surface area contributed by atoms with E-state index >= 15 is 0 Å². The molecule has 0 aliphatic carbocycles. The number of hydrogen-bond acceptors (Lipinski definition) is 12. The van der Waals surface area contributed by atoms with Crippen LogP contribution in [-0.2, 0) is 101 Å². The normalized spacial score (nSPS) is 11.0. The zero-order valence-corrected chi connectivity index (χ0v) is 67.3. The van der Waals surface area contributed by atoms with Gasteiger partial charge in [-0.2, -0.15) is 147 Å². The van der Waals surface area contributed by atoms with E-state index in [9.17, 15) is 9.59 Å². The van der Waals surface area contributed by atoms with Crippen molar-refractivity contribution in [3.8, 4) is 46.3 Å². The van der Waals surface area contributed by atoms with Gasteiger partial charge < -0.3 is 19.3 Å². The van der Waals surface area contributed by atoms with E-state index < -0.39 is 0 Å². The van der Waals surface area contributed by atoms with Gasteiger partial charge in [0.1, 0.15) is 23.3 Å². The molecule has 1 saturated heterocycles. The van der Waals surface area contributed by atoms with E-state index in [1.807, 2.05) is 215 Å². The summed E-state index contributed by atoms with van der Waals surface area (Å²) in [6.45, 7) is 19.2. The molecule has 1 aliphatic rings. The fourth-order valence-corrected chi connectivity index (χ4v) is 10.4. The molecule has 6 heterocycles. The van der Waals surface area contributed by atoms with Crippen LogP contribution >= 0.6 is 0 Å². The molecule has 0 N–H and O–H groups in total. The number of nitriles is 1. The van der Waals surface area contributed by atoms with E-state index in [4.69, 9.17) is 14.7 Å². The number of hydrogen-bond donors (Lipinski definition) is 0. The summed E-state index contributed by atoms with van der Waals surface area (Å²) in [6, 6.07) is 65.5. The molecule has 6 aromatic carbocycles. The summed E-state index contributed by atoms with van der Waals surface area (Å²) in [5.74, 6) is 3.26. The van der Waals surface area contributed by atoms with E-state index in [-0.39, 0.29) is 112 Å². The molecule has 12 rings (SSSR count). The average Bonchev–Trinajstić information content (AvgIpc) is 1.67. The molecule has 0 unspecified atom stereocenters. The van der Waals surface area contributed by atoms with Crippen LogP contribution in [0.25, 0.3) is 28.4 Å². The van der Waals surface area contributed by atoms with Gasteiger partial charge in [-0.05, 0) is 104 Å². The number of benzene rings is 6. The summed E-state index contributed by atoms with van der Waals surface area (Å²) in [5.41, 5.74) is 14.4. The Morgan fingerprint density at radius 1 is 0.474 bits per heavy atom. The largest absolute Gasteiger partial charge is 0.480 e. The average molecular weight is 2160 g/mol. The third kappa shape index (κ3) is 20.1. The molecule has 0 spiro atoms. The predicted molar refractivity (Wildman–Crippen MR) is 353 cm³/mol. The van der Waals surface area contributed by atoms with Gasteiger partial charge in [0.2, 0.25) is 11.8 Å². The van der Waals surface area contributed by atoms with E-state index in [1.165, 1.54) is 38.4 Å². The summed E-state index contributed by atoms with van der Waals surface area (Å²) in [7, 11) is 7.22. The van der Waals surface area contributed by atoms with Gasteiger partial charge in [0, 0.05) is 150 Å². The first kappa shape index (κ1) is 81.9. The molecule has 0 atom stereocenters. The van der Waals surface area contributed by atoms with Crippen molar-refractivity contribution in [3.05, 3.63) is 250 Å². The minimum absolute atomic E-state index is 0. The standard InChI is InChI=1S/C18H22N3O.C18H15N2O.C13H16N3.C12H10N3O.C12H13N2O.5Ir/c1-14-17(15(2)22)18(20-12-8-3-4-9-13-20)21(19-14)16-10-6-5-7-11-16;1-13-17(18(21)15-9-5-3-6-10-15)14(2)20(19-13)16-11-7-4-8-12-16;1-10-11(2)14-16(13(10)15(3)4)12-8-6-5-7-9-12;1-9-11(8-13)12(16-2)15(14-9)10-6-4-3-5-7-10;1-9-10(2)14(13-12(9)15-3)11-7-5-4-6-8-11;;;;;/h5-7,10H,3-4,8-9,12-13H2,1-2H3;3-11H,1-2H3;5-8H,1-4H3;3-6H,1-2H3;4-7H,1-3H3;;;;;/q5*-1;;;;;. The van der Waals surface area contributed by atoms with Crippen molar-refractivity contribution in [1.82, 2.24) is 48.9 Å². The number of anilines is 2. The van der Waals surface area contributed by atoms with Gasteiger partial charge in [0.05, 0.1) is 53.8 Å². The van der Waals surface area contributed by atoms with Crippen molar-refractivity contribution in [2.45, 2.75) is 88.0 Å². The Hall–Kier alpha value is -7.35. The molecule has 22 heteroatoms. The number of carbonyl (C=O) groups is 2. The minimum Gasteiger partial charge on any atom is -0.480 e. The SMILES string of the molecule is CC(=O)c1c(C)nn(-c2[c-]cccc2)c1N1CCCCCC1.COc1c(C#N)c(C)nn1-c1[c-]cccc1.COc1nn(-c2[c-]cccc2)c(C)c1C.Cc1nn(-c2[c-]cccc2)c(C)c1C(=O)c1ccccc1.Cc1nn(-c2[c-]cccc2)c(N(C)C)c1C.[Ir].[Ir].[Ir].[Ir].[Ir]. The molecule has 11 aromatic rings. The number of aromatic nitrogens is 10. The van der Waals surface area contributed by atoms with Gasteiger partial charge in [-0.3, -0.25) is 19.0 Å². The fraction of sp³-hybridized carbons (Fsp3) is 0.260. The van der Waals surface area contributed by atoms with Gasteiger partial charge in [0.25, 0.3) is 0 Å². The minimum atomic E-state index is 0. The summed E-state index contributed by atoms with van der Waals surface area (Å²) < 4.78 is 19.4. The van der Waals surface area contributed by atoms with Crippen LogP contribution in [0.2, 0.25) is 0 Å². The van der Waals surface area contributed by atoms with Crippen LogP contribution in [0.1, 0.15) is 110 Å². The van der Waals surface area contributed by atoms with Gasteiger partial charge >= 0.3 is 0 Å². The number of Topliss-reactive ketones (excluding diaryl/α,β-unsaturated/α-hetero) is 1.